The van der Waals surface area contributed by atoms with E-state index in [1.54, 1.807) is 30.5 Å². The zero-order chi connectivity index (χ0) is 13.7. The number of aromatic carboxylic acids is 1. The summed E-state index contributed by atoms with van der Waals surface area (Å²) in [5.74, 6) is -0.0698. The molecule has 0 atom stereocenters. The molecule has 2 N–H and O–H groups in total. The largest absolute Gasteiger partial charge is 0.478 e. The monoisotopic (exact) mass is 259 g/mol. The first kappa shape index (κ1) is 12.8. The van der Waals surface area contributed by atoms with E-state index in [0.717, 1.165) is 0 Å². The maximum atomic E-state index is 10.8. The summed E-state index contributed by atoms with van der Waals surface area (Å²) in [6.07, 6.45) is 1.60. The average molecular weight is 259 g/mol. The van der Waals surface area contributed by atoms with Crippen molar-refractivity contribution in [1.29, 1.82) is 0 Å². The third kappa shape index (κ3) is 3.41. The van der Waals surface area contributed by atoms with Crippen LogP contribution in [0.3, 0.4) is 0 Å². The van der Waals surface area contributed by atoms with Crippen LogP contribution in [0.2, 0.25) is 0 Å². The molecule has 2 heterocycles. The first-order chi connectivity index (χ1) is 9.19. The number of pyridine rings is 2. The minimum absolute atomic E-state index is 0.0103. The van der Waals surface area contributed by atoms with E-state index in [1.165, 1.54) is 6.07 Å². The van der Waals surface area contributed by atoms with E-state index in [4.69, 9.17) is 9.84 Å². The van der Waals surface area contributed by atoms with Gasteiger partial charge in [-0.3, -0.25) is 0 Å². The van der Waals surface area contributed by atoms with Crippen LogP contribution in [0.4, 0.5) is 11.5 Å². The molecule has 98 valence electrons. The molecule has 2 aromatic heterocycles. The SMILES string of the molecule is CCOc1ccc(Nc2cccc(C(=O)O)n2)cn1. The van der Waals surface area contributed by atoms with Crippen molar-refractivity contribution in [3.63, 3.8) is 0 Å². The van der Waals surface area contributed by atoms with Crippen LogP contribution in [-0.2, 0) is 0 Å². The molecule has 19 heavy (non-hydrogen) atoms. The summed E-state index contributed by atoms with van der Waals surface area (Å²) < 4.78 is 5.23. The fourth-order valence-corrected chi connectivity index (χ4v) is 1.46. The van der Waals surface area contributed by atoms with Crippen LogP contribution >= 0.6 is 0 Å². The molecule has 0 spiro atoms. The third-order valence-corrected chi connectivity index (χ3v) is 2.27. The van der Waals surface area contributed by atoms with Crippen LogP contribution in [0.25, 0.3) is 0 Å². The Kier molecular flexibility index (Phi) is 3.92. The van der Waals surface area contributed by atoms with Gasteiger partial charge in [-0.1, -0.05) is 6.07 Å². The van der Waals surface area contributed by atoms with E-state index in [0.29, 0.717) is 24.0 Å². The van der Waals surface area contributed by atoms with E-state index in [9.17, 15) is 4.79 Å². The second-order valence-electron chi connectivity index (χ2n) is 3.66. The van der Waals surface area contributed by atoms with E-state index in [1.807, 2.05) is 6.92 Å². The Balaban J connectivity index is 2.12. The quantitative estimate of drug-likeness (QED) is 0.857. The lowest BCUT2D eigenvalue weighted by Crippen LogP contribution is -2.02. The Morgan fingerprint density at radius 1 is 1.37 bits per heavy atom. The van der Waals surface area contributed by atoms with Crippen molar-refractivity contribution in [2.45, 2.75) is 6.92 Å². The molecule has 2 aromatic rings. The van der Waals surface area contributed by atoms with Crippen molar-refractivity contribution in [1.82, 2.24) is 9.97 Å². The standard InChI is InChI=1S/C13H13N3O3/c1-2-19-12-7-6-9(8-14-12)15-11-5-3-4-10(16-11)13(17)18/h3-8H,2H2,1H3,(H,15,16)(H,17,18). The molecule has 6 nitrogen and oxygen atoms in total. The van der Waals surface area contributed by atoms with Crippen LogP contribution in [0.1, 0.15) is 17.4 Å². The first-order valence-electron chi connectivity index (χ1n) is 5.75. The fraction of sp³-hybridized carbons (Fsp3) is 0.154. The molecule has 0 aromatic carbocycles. The minimum atomic E-state index is -1.06. The summed E-state index contributed by atoms with van der Waals surface area (Å²) in [5.41, 5.74) is 0.697. The molecule has 0 aliphatic rings. The van der Waals surface area contributed by atoms with Gasteiger partial charge >= 0.3 is 5.97 Å². The number of carboxylic acids is 1. The van der Waals surface area contributed by atoms with Crippen LogP contribution in [0, 0.1) is 0 Å². The molecule has 0 saturated carbocycles. The predicted octanol–water partition coefficient (Wildman–Crippen LogP) is 2.32. The van der Waals surface area contributed by atoms with Gasteiger partial charge in [-0.2, -0.15) is 0 Å². The van der Waals surface area contributed by atoms with Crippen molar-refractivity contribution in [2.24, 2.45) is 0 Å². The van der Waals surface area contributed by atoms with E-state index < -0.39 is 5.97 Å². The molecule has 0 unspecified atom stereocenters. The highest BCUT2D eigenvalue weighted by atomic mass is 16.5. The lowest BCUT2D eigenvalue weighted by molar-refractivity contribution is 0.0690. The molecule has 0 aliphatic heterocycles. The molecule has 0 bridgehead atoms. The Morgan fingerprint density at radius 2 is 2.21 bits per heavy atom. The zero-order valence-corrected chi connectivity index (χ0v) is 10.3. The van der Waals surface area contributed by atoms with Gasteiger partial charge in [0.25, 0.3) is 0 Å². The van der Waals surface area contributed by atoms with Gasteiger partial charge in [0.05, 0.1) is 18.5 Å². The number of carboxylic acid groups (broad SMARTS) is 1. The lowest BCUT2D eigenvalue weighted by Gasteiger charge is -2.07. The first-order valence-corrected chi connectivity index (χ1v) is 5.75. The molecular formula is C13H13N3O3. The number of hydrogen-bond donors (Lipinski definition) is 2. The highest BCUT2D eigenvalue weighted by Gasteiger charge is 2.05. The molecule has 0 saturated heterocycles. The molecule has 6 heteroatoms. The van der Waals surface area contributed by atoms with E-state index >= 15 is 0 Å². The molecule has 0 fully saturated rings. The number of aromatic nitrogens is 2. The van der Waals surface area contributed by atoms with Crippen molar-refractivity contribution >= 4 is 17.5 Å². The van der Waals surface area contributed by atoms with E-state index in [-0.39, 0.29) is 5.69 Å². The van der Waals surface area contributed by atoms with Gasteiger partial charge < -0.3 is 15.2 Å². The molecule has 2 rings (SSSR count). The van der Waals surface area contributed by atoms with Gasteiger partial charge in [-0.05, 0) is 25.1 Å². The normalized spacial score (nSPS) is 9.95. The number of ether oxygens (including phenoxy) is 1. The number of carbonyl (C=O) groups is 1. The number of rotatable bonds is 5. The van der Waals surface area contributed by atoms with E-state index in [2.05, 4.69) is 15.3 Å². The van der Waals surface area contributed by atoms with Gasteiger partial charge in [0.1, 0.15) is 5.82 Å². The third-order valence-electron chi connectivity index (χ3n) is 2.27. The van der Waals surface area contributed by atoms with Gasteiger partial charge in [0.2, 0.25) is 5.88 Å². The van der Waals surface area contributed by atoms with Gasteiger partial charge in [0, 0.05) is 6.07 Å². The van der Waals surface area contributed by atoms with Crippen molar-refractivity contribution in [3.05, 3.63) is 42.2 Å². The van der Waals surface area contributed by atoms with Crippen molar-refractivity contribution < 1.29 is 14.6 Å². The topological polar surface area (TPSA) is 84.3 Å². The maximum Gasteiger partial charge on any atom is 0.354 e. The Morgan fingerprint density at radius 3 is 2.84 bits per heavy atom. The Labute approximate surface area is 110 Å². The smallest absolute Gasteiger partial charge is 0.354 e. The lowest BCUT2D eigenvalue weighted by atomic mass is 10.3. The number of anilines is 2. The number of nitrogens with zero attached hydrogens (tertiary/aromatic N) is 2. The summed E-state index contributed by atoms with van der Waals surface area (Å²) >= 11 is 0. The average Bonchev–Trinajstić information content (AvgIpc) is 2.42. The summed E-state index contributed by atoms with van der Waals surface area (Å²) in [4.78, 5) is 18.9. The molecule has 0 aliphatic carbocycles. The van der Waals surface area contributed by atoms with Crippen molar-refractivity contribution in [3.8, 4) is 5.88 Å². The Hall–Kier alpha value is -2.63. The van der Waals surface area contributed by atoms with Crippen LogP contribution in [-0.4, -0.2) is 27.7 Å². The predicted molar refractivity (Wildman–Crippen MR) is 69.9 cm³/mol. The number of nitrogens with one attached hydrogen (secondary N) is 1. The summed E-state index contributed by atoms with van der Waals surface area (Å²) in [6, 6.07) is 8.26. The zero-order valence-electron chi connectivity index (χ0n) is 10.3. The van der Waals surface area contributed by atoms with Crippen LogP contribution < -0.4 is 10.1 Å². The summed E-state index contributed by atoms with van der Waals surface area (Å²) in [6.45, 7) is 2.44. The highest BCUT2D eigenvalue weighted by Crippen LogP contribution is 2.16. The highest BCUT2D eigenvalue weighted by molar-refractivity contribution is 5.85. The molecule has 0 radical (unpaired) electrons. The van der Waals surface area contributed by atoms with Crippen molar-refractivity contribution in [2.75, 3.05) is 11.9 Å². The Bertz CT molecular complexity index is 570. The van der Waals surface area contributed by atoms with Crippen LogP contribution in [0.15, 0.2) is 36.5 Å². The summed E-state index contributed by atoms with van der Waals surface area (Å²) in [5, 5.41) is 11.8. The molecule has 0 amide bonds. The fourth-order valence-electron chi connectivity index (χ4n) is 1.46. The van der Waals surface area contributed by atoms with Gasteiger partial charge in [0.15, 0.2) is 5.69 Å². The minimum Gasteiger partial charge on any atom is -0.478 e. The maximum absolute atomic E-state index is 10.8. The second-order valence-corrected chi connectivity index (χ2v) is 3.66. The molecular weight excluding hydrogens is 246 g/mol. The van der Waals surface area contributed by atoms with Gasteiger partial charge in [-0.25, -0.2) is 14.8 Å². The number of hydrogen-bond acceptors (Lipinski definition) is 5. The van der Waals surface area contributed by atoms with Crippen LogP contribution in [0.5, 0.6) is 5.88 Å². The summed E-state index contributed by atoms with van der Waals surface area (Å²) in [7, 11) is 0. The second kappa shape index (κ2) is 5.81. The van der Waals surface area contributed by atoms with Gasteiger partial charge in [-0.15, -0.1) is 0 Å².